The van der Waals surface area contributed by atoms with Gasteiger partial charge in [0.1, 0.15) is 0 Å². The molecule has 20 heavy (non-hydrogen) atoms. The van der Waals surface area contributed by atoms with Gasteiger partial charge in [-0.2, -0.15) is 0 Å². The van der Waals surface area contributed by atoms with E-state index in [1.807, 2.05) is 19.1 Å². The number of ether oxygens (including phenoxy) is 1. The first-order valence-corrected chi connectivity index (χ1v) is 7.09. The third kappa shape index (κ3) is 6.06. The van der Waals surface area contributed by atoms with E-state index in [-0.39, 0.29) is 11.5 Å². The molecule has 0 heterocycles. The Bertz CT molecular complexity index is 450. The lowest BCUT2D eigenvalue weighted by molar-refractivity contribution is -0.143. The van der Waals surface area contributed by atoms with Gasteiger partial charge in [-0.05, 0) is 51.3 Å². The van der Waals surface area contributed by atoms with Gasteiger partial charge in [-0.25, -0.2) is 0 Å². The summed E-state index contributed by atoms with van der Waals surface area (Å²) >= 11 is 0. The minimum atomic E-state index is -0.176. The van der Waals surface area contributed by atoms with Gasteiger partial charge in [-0.3, -0.25) is 4.79 Å². The van der Waals surface area contributed by atoms with E-state index in [2.05, 4.69) is 32.2 Å². The van der Waals surface area contributed by atoms with Gasteiger partial charge in [0.05, 0.1) is 6.61 Å². The van der Waals surface area contributed by atoms with Crippen molar-refractivity contribution < 1.29 is 9.53 Å². The second-order valence-electron chi connectivity index (χ2n) is 5.94. The quantitative estimate of drug-likeness (QED) is 0.620. The topological polar surface area (TPSA) is 64.3 Å². The second kappa shape index (κ2) is 7.29. The van der Waals surface area contributed by atoms with Gasteiger partial charge in [-0.1, -0.05) is 12.1 Å². The van der Waals surface area contributed by atoms with E-state index in [9.17, 15) is 4.79 Å². The zero-order valence-corrected chi connectivity index (χ0v) is 13.0. The third-order valence-electron chi connectivity index (χ3n) is 2.94. The normalized spacial score (nSPS) is 11.4. The van der Waals surface area contributed by atoms with Crippen LogP contribution in [-0.4, -0.2) is 18.1 Å². The summed E-state index contributed by atoms with van der Waals surface area (Å²) in [4.78, 5) is 11.3. The van der Waals surface area contributed by atoms with Gasteiger partial charge in [0.2, 0.25) is 0 Å². The van der Waals surface area contributed by atoms with Crippen LogP contribution in [0.5, 0.6) is 0 Å². The molecule has 0 aromatic heterocycles. The molecule has 1 aromatic rings. The first-order chi connectivity index (χ1) is 9.31. The van der Waals surface area contributed by atoms with Crippen LogP contribution >= 0.6 is 0 Å². The number of nitrogens with two attached hydrogens (primary N) is 1. The minimum Gasteiger partial charge on any atom is -0.466 e. The summed E-state index contributed by atoms with van der Waals surface area (Å²) in [5.74, 6) is -0.176. The number of hydrogen-bond donors (Lipinski definition) is 2. The Balaban J connectivity index is 2.57. The number of anilines is 1. The Morgan fingerprint density at radius 3 is 2.60 bits per heavy atom. The molecule has 0 unspecified atom stereocenters. The predicted octanol–water partition coefficient (Wildman–Crippen LogP) is 2.65. The molecule has 0 aliphatic heterocycles. The van der Waals surface area contributed by atoms with E-state index in [0.29, 0.717) is 19.4 Å². The van der Waals surface area contributed by atoms with Crippen molar-refractivity contribution in [3.8, 4) is 0 Å². The van der Waals surface area contributed by atoms with Gasteiger partial charge in [0, 0.05) is 24.2 Å². The number of hydrogen-bond acceptors (Lipinski definition) is 4. The molecule has 0 saturated heterocycles. The molecule has 1 rings (SSSR count). The number of esters is 1. The van der Waals surface area contributed by atoms with Gasteiger partial charge in [-0.15, -0.1) is 0 Å². The van der Waals surface area contributed by atoms with Crippen LogP contribution in [0.1, 0.15) is 45.2 Å². The molecule has 4 nitrogen and oxygen atoms in total. The number of benzene rings is 1. The van der Waals surface area contributed by atoms with Crippen LogP contribution in [0.25, 0.3) is 0 Å². The van der Waals surface area contributed by atoms with Crippen molar-refractivity contribution in [1.29, 1.82) is 0 Å². The Kier molecular flexibility index (Phi) is 6.02. The lowest BCUT2D eigenvalue weighted by Crippen LogP contribution is -2.35. The van der Waals surface area contributed by atoms with E-state index in [0.717, 1.165) is 23.4 Å². The largest absolute Gasteiger partial charge is 0.466 e. The highest BCUT2D eigenvalue weighted by molar-refractivity contribution is 5.70. The minimum absolute atomic E-state index is 0.0807. The average molecular weight is 278 g/mol. The second-order valence-corrected chi connectivity index (χ2v) is 5.94. The summed E-state index contributed by atoms with van der Waals surface area (Å²) in [5, 5.41) is 3.42. The zero-order chi connectivity index (χ0) is 15.2. The molecule has 112 valence electrons. The van der Waals surface area contributed by atoms with E-state index >= 15 is 0 Å². The van der Waals surface area contributed by atoms with Crippen molar-refractivity contribution >= 4 is 11.7 Å². The number of carbonyl (C=O) groups is 1. The molecule has 0 saturated carbocycles. The Labute approximate surface area is 121 Å². The van der Waals surface area contributed by atoms with Crippen LogP contribution < -0.4 is 11.1 Å². The molecule has 0 radical (unpaired) electrons. The highest BCUT2D eigenvalue weighted by Crippen LogP contribution is 2.17. The average Bonchev–Trinajstić information content (AvgIpc) is 2.34. The molecule has 0 spiro atoms. The summed E-state index contributed by atoms with van der Waals surface area (Å²) in [5.41, 5.74) is 9.01. The van der Waals surface area contributed by atoms with Gasteiger partial charge < -0.3 is 15.8 Å². The maximum atomic E-state index is 11.3. The van der Waals surface area contributed by atoms with Crippen molar-refractivity contribution in [2.24, 2.45) is 0 Å². The molecule has 0 aliphatic rings. The summed E-state index contributed by atoms with van der Waals surface area (Å²) in [6.45, 7) is 9.40. The van der Waals surface area contributed by atoms with Crippen molar-refractivity contribution in [2.45, 2.75) is 52.6 Å². The summed E-state index contributed by atoms with van der Waals surface area (Å²) in [6, 6.07) is 6.02. The summed E-state index contributed by atoms with van der Waals surface area (Å²) in [6.07, 6.45) is 0.995. The fraction of sp³-hybridized carbons (Fsp3) is 0.562. The molecule has 3 N–H and O–H groups in total. The van der Waals surface area contributed by atoms with Crippen molar-refractivity contribution in [3.05, 3.63) is 29.3 Å². The number of aryl methyl sites for hydroxylation is 1. The Hall–Kier alpha value is -1.55. The highest BCUT2D eigenvalue weighted by Gasteiger charge is 2.10. The van der Waals surface area contributed by atoms with Crippen LogP contribution in [0.2, 0.25) is 0 Å². The number of carbonyl (C=O) groups excluding carboxylic acids is 1. The first-order valence-electron chi connectivity index (χ1n) is 7.09. The number of nitrogens with one attached hydrogen (secondary N) is 1. The van der Waals surface area contributed by atoms with Crippen LogP contribution in [0.3, 0.4) is 0 Å². The maximum absolute atomic E-state index is 11.3. The van der Waals surface area contributed by atoms with E-state index in [4.69, 9.17) is 10.5 Å². The molecule has 4 heteroatoms. The standard InChI is InChI=1S/C16H26N2O2/c1-5-20-15(19)9-8-13-7-6-12(10-14(13)17)11-18-16(2,3)4/h6-7,10,18H,5,8-9,11,17H2,1-4H3. The molecule has 0 amide bonds. The van der Waals surface area contributed by atoms with E-state index in [1.54, 1.807) is 0 Å². The molecule has 1 aromatic carbocycles. The molecule has 0 aliphatic carbocycles. The SMILES string of the molecule is CCOC(=O)CCc1ccc(CNC(C)(C)C)cc1N. The summed E-state index contributed by atoms with van der Waals surface area (Å²) < 4.78 is 4.91. The molecular weight excluding hydrogens is 252 g/mol. The number of nitrogen functional groups attached to an aromatic ring is 1. The Morgan fingerprint density at radius 2 is 2.05 bits per heavy atom. The van der Waals surface area contributed by atoms with Gasteiger partial charge in [0.15, 0.2) is 0 Å². The van der Waals surface area contributed by atoms with E-state index < -0.39 is 0 Å². The first kappa shape index (κ1) is 16.5. The zero-order valence-electron chi connectivity index (χ0n) is 13.0. The summed E-state index contributed by atoms with van der Waals surface area (Å²) in [7, 11) is 0. The Morgan fingerprint density at radius 1 is 1.35 bits per heavy atom. The van der Waals surface area contributed by atoms with Gasteiger partial charge >= 0.3 is 5.97 Å². The fourth-order valence-corrected chi connectivity index (χ4v) is 1.82. The maximum Gasteiger partial charge on any atom is 0.306 e. The molecule has 0 bridgehead atoms. The fourth-order valence-electron chi connectivity index (χ4n) is 1.82. The van der Waals surface area contributed by atoms with Gasteiger partial charge in [0.25, 0.3) is 0 Å². The van der Waals surface area contributed by atoms with Crippen LogP contribution in [-0.2, 0) is 22.5 Å². The van der Waals surface area contributed by atoms with E-state index in [1.165, 1.54) is 0 Å². The lowest BCUT2D eigenvalue weighted by Gasteiger charge is -2.21. The smallest absolute Gasteiger partial charge is 0.306 e. The molecule has 0 fully saturated rings. The predicted molar refractivity (Wildman–Crippen MR) is 82.4 cm³/mol. The highest BCUT2D eigenvalue weighted by atomic mass is 16.5. The molecular formula is C16H26N2O2. The monoisotopic (exact) mass is 278 g/mol. The van der Waals surface area contributed by atoms with Crippen molar-refractivity contribution in [1.82, 2.24) is 5.32 Å². The van der Waals surface area contributed by atoms with Crippen LogP contribution in [0, 0.1) is 0 Å². The molecule has 0 atom stereocenters. The van der Waals surface area contributed by atoms with Crippen LogP contribution in [0.15, 0.2) is 18.2 Å². The lowest BCUT2D eigenvalue weighted by atomic mass is 10.0. The van der Waals surface area contributed by atoms with Crippen molar-refractivity contribution in [3.63, 3.8) is 0 Å². The number of rotatable bonds is 6. The van der Waals surface area contributed by atoms with Crippen LogP contribution in [0.4, 0.5) is 5.69 Å². The van der Waals surface area contributed by atoms with Crippen molar-refractivity contribution in [2.75, 3.05) is 12.3 Å². The third-order valence-corrected chi connectivity index (χ3v) is 2.94.